The number of carboxylic acids is 1. The molecule has 0 aromatic heterocycles. The van der Waals surface area contributed by atoms with Gasteiger partial charge in [-0.1, -0.05) is 31.9 Å². The Morgan fingerprint density at radius 3 is 2.50 bits per heavy atom. The summed E-state index contributed by atoms with van der Waals surface area (Å²) in [5.41, 5.74) is 0.747. The first-order chi connectivity index (χ1) is 8.76. The van der Waals surface area contributed by atoms with Gasteiger partial charge >= 0.3 is 5.97 Å². The molecule has 0 aliphatic carbocycles. The van der Waals surface area contributed by atoms with E-state index in [1.54, 1.807) is 14.0 Å². The smallest absolute Gasteiger partial charge is 0.328 e. The maximum atomic E-state index is 10.4. The Bertz CT molecular complexity index is 333. The molecule has 0 aromatic rings. The highest BCUT2D eigenvalue weighted by Crippen LogP contribution is 2.20. The molecule has 4 heteroatoms. The maximum Gasteiger partial charge on any atom is 0.328 e. The Hall–Kier alpha value is -1.13. The number of rotatable bonds is 9. The number of ether oxygens (including phenoxy) is 1. The van der Waals surface area contributed by atoms with Gasteiger partial charge in [0.2, 0.25) is 0 Å². The SMILES string of the molecule is COC(C)(C)CCCC(C)C/C=C/C(C)=C/C(=O)O.[NH4+]. The van der Waals surface area contributed by atoms with Crippen LogP contribution in [0.15, 0.2) is 23.8 Å². The number of aliphatic carboxylic acids is 1. The summed E-state index contributed by atoms with van der Waals surface area (Å²) in [6.07, 6.45) is 9.53. The van der Waals surface area contributed by atoms with E-state index in [4.69, 9.17) is 9.84 Å². The van der Waals surface area contributed by atoms with Crippen molar-refractivity contribution >= 4 is 5.97 Å². The second kappa shape index (κ2) is 10.6. The third-order valence-electron chi connectivity index (χ3n) is 3.30. The van der Waals surface area contributed by atoms with E-state index in [2.05, 4.69) is 26.8 Å². The van der Waals surface area contributed by atoms with Crippen molar-refractivity contribution in [1.82, 2.24) is 6.15 Å². The Balaban J connectivity index is 0. The van der Waals surface area contributed by atoms with Gasteiger partial charge < -0.3 is 16.0 Å². The first kappa shape index (κ1) is 21.2. The summed E-state index contributed by atoms with van der Waals surface area (Å²) in [5.74, 6) is -0.279. The number of allylic oxidation sites excluding steroid dienone is 3. The van der Waals surface area contributed by atoms with Crippen molar-refractivity contribution < 1.29 is 14.6 Å². The summed E-state index contributed by atoms with van der Waals surface area (Å²) in [5, 5.41) is 8.59. The van der Waals surface area contributed by atoms with Crippen LogP contribution < -0.4 is 6.15 Å². The fourth-order valence-corrected chi connectivity index (χ4v) is 1.83. The standard InChI is InChI=1S/C16H28O3.H3N/c1-13(10-7-11-16(3,4)19-5)8-6-9-14(2)12-15(17)18;/h6,9,12-13H,7-8,10-11H2,1-5H3,(H,17,18);1H3/p+1/b9-6+,14-12+;. The number of carbonyl (C=O) groups is 1. The van der Waals surface area contributed by atoms with Crippen molar-refractivity contribution in [3.05, 3.63) is 23.8 Å². The van der Waals surface area contributed by atoms with Crippen molar-refractivity contribution in [2.45, 2.75) is 59.0 Å². The lowest BCUT2D eigenvalue weighted by molar-refractivity contribution is -0.131. The molecule has 0 aromatic carbocycles. The summed E-state index contributed by atoms with van der Waals surface area (Å²) in [7, 11) is 1.75. The second-order valence-corrected chi connectivity index (χ2v) is 5.83. The van der Waals surface area contributed by atoms with Gasteiger partial charge in [0.25, 0.3) is 0 Å². The Morgan fingerprint density at radius 1 is 1.40 bits per heavy atom. The number of carboxylic acid groups (broad SMARTS) is 1. The van der Waals surface area contributed by atoms with Crippen LogP contribution in [0.25, 0.3) is 0 Å². The molecule has 0 saturated carbocycles. The van der Waals surface area contributed by atoms with Gasteiger partial charge in [-0.25, -0.2) is 4.79 Å². The number of hydrogen-bond acceptors (Lipinski definition) is 2. The molecular weight excluding hydrogens is 254 g/mol. The van der Waals surface area contributed by atoms with Crippen molar-refractivity contribution in [2.24, 2.45) is 5.92 Å². The summed E-state index contributed by atoms with van der Waals surface area (Å²) in [6, 6.07) is 0. The molecule has 0 saturated heterocycles. The van der Waals surface area contributed by atoms with Crippen LogP contribution in [-0.2, 0) is 9.53 Å². The molecule has 0 heterocycles. The van der Waals surface area contributed by atoms with Crippen molar-refractivity contribution in [3.63, 3.8) is 0 Å². The summed E-state index contributed by atoms with van der Waals surface area (Å²) in [6.45, 7) is 8.24. The Morgan fingerprint density at radius 2 is 2.00 bits per heavy atom. The molecule has 1 atom stereocenters. The maximum absolute atomic E-state index is 10.4. The van der Waals surface area contributed by atoms with E-state index in [0.717, 1.165) is 24.8 Å². The van der Waals surface area contributed by atoms with E-state index >= 15 is 0 Å². The van der Waals surface area contributed by atoms with Gasteiger partial charge in [0.05, 0.1) is 5.60 Å². The minimum absolute atomic E-state index is 0. The van der Waals surface area contributed by atoms with Gasteiger partial charge in [0.1, 0.15) is 0 Å². The van der Waals surface area contributed by atoms with E-state index in [-0.39, 0.29) is 11.8 Å². The zero-order valence-electron chi connectivity index (χ0n) is 13.9. The summed E-state index contributed by atoms with van der Waals surface area (Å²) < 4.78 is 5.39. The van der Waals surface area contributed by atoms with Crippen LogP contribution in [0.4, 0.5) is 0 Å². The minimum Gasteiger partial charge on any atom is -0.478 e. The van der Waals surface area contributed by atoms with Gasteiger partial charge in [0, 0.05) is 13.2 Å². The first-order valence-corrected chi connectivity index (χ1v) is 6.90. The van der Waals surface area contributed by atoms with E-state index in [9.17, 15) is 4.79 Å². The molecule has 118 valence electrons. The zero-order chi connectivity index (χ0) is 14.9. The molecule has 1 unspecified atom stereocenters. The highest BCUT2D eigenvalue weighted by atomic mass is 16.5. The van der Waals surface area contributed by atoms with Crippen LogP contribution in [0, 0.1) is 5.92 Å². The molecule has 4 nitrogen and oxygen atoms in total. The minimum atomic E-state index is -0.892. The van der Waals surface area contributed by atoms with Crippen LogP contribution in [0.5, 0.6) is 0 Å². The predicted octanol–water partition coefficient (Wildman–Crippen LogP) is 4.57. The van der Waals surface area contributed by atoms with Gasteiger partial charge in [-0.05, 0) is 45.1 Å². The lowest BCUT2D eigenvalue weighted by Gasteiger charge is -2.23. The van der Waals surface area contributed by atoms with E-state index in [1.165, 1.54) is 12.5 Å². The monoisotopic (exact) mass is 286 g/mol. The average molecular weight is 286 g/mol. The molecule has 0 aliphatic rings. The van der Waals surface area contributed by atoms with Crippen LogP contribution in [-0.4, -0.2) is 23.8 Å². The van der Waals surface area contributed by atoms with Crippen molar-refractivity contribution in [3.8, 4) is 0 Å². The van der Waals surface area contributed by atoms with Crippen molar-refractivity contribution in [1.29, 1.82) is 0 Å². The highest BCUT2D eigenvalue weighted by Gasteiger charge is 2.15. The van der Waals surface area contributed by atoms with Gasteiger partial charge in [-0.15, -0.1) is 0 Å². The summed E-state index contributed by atoms with van der Waals surface area (Å²) >= 11 is 0. The highest BCUT2D eigenvalue weighted by molar-refractivity contribution is 5.81. The number of hydrogen-bond donors (Lipinski definition) is 2. The quantitative estimate of drug-likeness (QED) is 0.481. The lowest BCUT2D eigenvalue weighted by atomic mass is 9.95. The fraction of sp³-hybridized carbons (Fsp3) is 0.688. The van der Waals surface area contributed by atoms with Crippen LogP contribution in [0.1, 0.15) is 53.4 Å². The molecule has 0 fully saturated rings. The first-order valence-electron chi connectivity index (χ1n) is 6.90. The molecule has 5 N–H and O–H groups in total. The number of quaternary nitrogens is 1. The molecule has 0 aliphatic heterocycles. The molecule has 0 rings (SSSR count). The molecule has 0 radical (unpaired) electrons. The molecule has 0 amide bonds. The molecular formula is C16H32NO3+. The van der Waals surface area contributed by atoms with Crippen LogP contribution in [0.2, 0.25) is 0 Å². The topological polar surface area (TPSA) is 83.0 Å². The second-order valence-electron chi connectivity index (χ2n) is 5.83. The van der Waals surface area contributed by atoms with E-state index in [1.807, 2.05) is 6.08 Å². The fourth-order valence-electron chi connectivity index (χ4n) is 1.83. The van der Waals surface area contributed by atoms with Gasteiger partial charge in [-0.2, -0.15) is 0 Å². The molecule has 20 heavy (non-hydrogen) atoms. The third kappa shape index (κ3) is 11.9. The largest absolute Gasteiger partial charge is 0.478 e. The summed E-state index contributed by atoms with van der Waals surface area (Å²) in [4.78, 5) is 10.4. The molecule has 0 bridgehead atoms. The molecule has 0 spiro atoms. The lowest BCUT2D eigenvalue weighted by Crippen LogP contribution is -2.22. The van der Waals surface area contributed by atoms with Crippen molar-refractivity contribution in [2.75, 3.05) is 7.11 Å². The number of methoxy groups -OCH3 is 1. The third-order valence-corrected chi connectivity index (χ3v) is 3.30. The van der Waals surface area contributed by atoms with Crippen LogP contribution in [0.3, 0.4) is 0 Å². The normalized spacial score (nSPS) is 14.2. The average Bonchev–Trinajstić information content (AvgIpc) is 2.27. The van der Waals surface area contributed by atoms with Gasteiger partial charge in [0.15, 0.2) is 0 Å². The Labute approximate surface area is 123 Å². The van der Waals surface area contributed by atoms with Crippen LogP contribution >= 0.6 is 0 Å². The van der Waals surface area contributed by atoms with Gasteiger partial charge in [-0.3, -0.25) is 0 Å². The van der Waals surface area contributed by atoms with E-state index in [0.29, 0.717) is 5.92 Å². The zero-order valence-corrected chi connectivity index (χ0v) is 13.9. The van der Waals surface area contributed by atoms with E-state index < -0.39 is 5.97 Å². The Kier molecular flexibility index (Phi) is 11.3. The predicted molar refractivity (Wildman–Crippen MR) is 85.2 cm³/mol.